The van der Waals surface area contributed by atoms with Crippen LogP contribution in [-0.2, 0) is 14.3 Å². The van der Waals surface area contributed by atoms with Crippen LogP contribution in [0.2, 0.25) is 0 Å². The Morgan fingerprint density at radius 1 is 1.15 bits per heavy atom. The number of esters is 1. The Labute approximate surface area is 154 Å². The van der Waals surface area contributed by atoms with Gasteiger partial charge in [-0.15, -0.1) is 0 Å². The first-order valence-corrected chi connectivity index (χ1v) is 7.77. The van der Waals surface area contributed by atoms with Gasteiger partial charge in [-0.25, -0.2) is 9.18 Å². The van der Waals surface area contributed by atoms with E-state index in [-0.39, 0.29) is 5.75 Å². The molecule has 0 heterocycles. The van der Waals surface area contributed by atoms with Crippen molar-refractivity contribution in [2.24, 2.45) is 5.73 Å². The highest BCUT2D eigenvalue weighted by Gasteiger charge is 2.07. The Morgan fingerprint density at radius 3 is 2.44 bits per heavy atom. The number of benzene rings is 2. The number of nitrogens with two attached hydrogens (primary N) is 1. The van der Waals surface area contributed by atoms with Crippen LogP contribution in [0.1, 0.15) is 15.9 Å². The number of hydrogen-bond donors (Lipinski definition) is 2. The van der Waals surface area contributed by atoms with Gasteiger partial charge >= 0.3 is 5.97 Å². The minimum Gasteiger partial charge on any atom is -0.494 e. The highest BCUT2D eigenvalue weighted by Crippen LogP contribution is 2.18. The molecular formula is C19H17FN2O5. The number of ether oxygens (including phenoxy) is 2. The lowest BCUT2D eigenvalue weighted by Crippen LogP contribution is -2.20. The number of hydrogen-bond acceptors (Lipinski definition) is 5. The van der Waals surface area contributed by atoms with Crippen molar-refractivity contribution in [3.8, 4) is 5.75 Å². The minimum absolute atomic E-state index is 0.0928. The standard InChI is InChI=1S/C19H17FN2O5/c1-26-16-8-2-12(10-15(16)20)3-9-18(24)27-11-17(23)22-14-6-4-13(5-7-14)19(21)25/h2-10H,11H2,1H3,(H2,21,25)(H,22,23)/b9-3+. The van der Waals surface area contributed by atoms with Crippen molar-refractivity contribution in [2.45, 2.75) is 0 Å². The maximum absolute atomic E-state index is 13.6. The Hall–Kier alpha value is -3.68. The van der Waals surface area contributed by atoms with Gasteiger partial charge in [0.05, 0.1) is 7.11 Å². The topological polar surface area (TPSA) is 108 Å². The van der Waals surface area contributed by atoms with E-state index in [0.29, 0.717) is 16.8 Å². The molecule has 0 bridgehead atoms. The van der Waals surface area contributed by atoms with Crippen molar-refractivity contribution in [1.82, 2.24) is 0 Å². The Morgan fingerprint density at radius 2 is 1.85 bits per heavy atom. The summed E-state index contributed by atoms with van der Waals surface area (Å²) in [6, 6.07) is 10.1. The predicted molar refractivity (Wildman–Crippen MR) is 96.5 cm³/mol. The van der Waals surface area contributed by atoms with Crippen molar-refractivity contribution >= 4 is 29.5 Å². The fraction of sp³-hybridized carbons (Fsp3) is 0.105. The predicted octanol–water partition coefficient (Wildman–Crippen LogP) is 2.13. The number of primary amides is 1. The molecule has 2 amide bonds. The molecule has 2 aromatic carbocycles. The van der Waals surface area contributed by atoms with E-state index >= 15 is 0 Å². The molecule has 0 unspecified atom stereocenters. The molecule has 0 radical (unpaired) electrons. The van der Waals surface area contributed by atoms with E-state index in [1.807, 2.05) is 0 Å². The average molecular weight is 372 g/mol. The summed E-state index contributed by atoms with van der Waals surface area (Å²) in [5, 5.41) is 2.50. The van der Waals surface area contributed by atoms with Gasteiger partial charge in [0, 0.05) is 17.3 Å². The third kappa shape index (κ3) is 5.96. The molecule has 0 aliphatic rings. The molecule has 2 rings (SSSR count). The Bertz CT molecular complexity index is 878. The molecular weight excluding hydrogens is 355 g/mol. The molecule has 0 saturated heterocycles. The third-order valence-corrected chi connectivity index (χ3v) is 3.39. The van der Waals surface area contributed by atoms with Crippen molar-refractivity contribution in [3.05, 3.63) is 65.5 Å². The average Bonchev–Trinajstić information content (AvgIpc) is 2.65. The fourth-order valence-corrected chi connectivity index (χ4v) is 2.05. The van der Waals surface area contributed by atoms with Crippen LogP contribution in [-0.4, -0.2) is 31.5 Å². The lowest BCUT2D eigenvalue weighted by Gasteiger charge is -2.06. The van der Waals surface area contributed by atoms with E-state index in [9.17, 15) is 18.8 Å². The van der Waals surface area contributed by atoms with Crippen molar-refractivity contribution in [3.63, 3.8) is 0 Å². The molecule has 0 fully saturated rings. The summed E-state index contributed by atoms with van der Waals surface area (Å²) in [7, 11) is 1.35. The van der Waals surface area contributed by atoms with E-state index in [1.165, 1.54) is 49.6 Å². The molecule has 140 valence electrons. The van der Waals surface area contributed by atoms with E-state index < -0.39 is 30.2 Å². The molecule has 27 heavy (non-hydrogen) atoms. The molecule has 0 aromatic heterocycles. The van der Waals surface area contributed by atoms with Crippen LogP contribution in [0.5, 0.6) is 5.75 Å². The SMILES string of the molecule is COc1ccc(/C=C/C(=O)OCC(=O)Nc2ccc(C(N)=O)cc2)cc1F. The van der Waals surface area contributed by atoms with E-state index in [0.717, 1.165) is 6.08 Å². The molecule has 7 nitrogen and oxygen atoms in total. The summed E-state index contributed by atoms with van der Waals surface area (Å²) in [5.41, 5.74) is 6.28. The van der Waals surface area contributed by atoms with Gasteiger partial charge in [0.15, 0.2) is 18.2 Å². The number of methoxy groups -OCH3 is 1. The van der Waals surface area contributed by atoms with E-state index in [1.54, 1.807) is 6.07 Å². The van der Waals surface area contributed by atoms with Gasteiger partial charge in [-0.2, -0.15) is 0 Å². The van der Waals surface area contributed by atoms with Crippen LogP contribution in [0.3, 0.4) is 0 Å². The van der Waals surface area contributed by atoms with Gasteiger partial charge in [-0.05, 0) is 48.0 Å². The van der Waals surface area contributed by atoms with Gasteiger partial charge in [-0.1, -0.05) is 6.07 Å². The number of nitrogens with one attached hydrogen (secondary N) is 1. The number of rotatable bonds is 7. The van der Waals surface area contributed by atoms with Crippen molar-refractivity contribution in [1.29, 1.82) is 0 Å². The molecule has 0 aliphatic carbocycles. The zero-order chi connectivity index (χ0) is 19.8. The highest BCUT2D eigenvalue weighted by atomic mass is 19.1. The lowest BCUT2D eigenvalue weighted by molar-refractivity contribution is -0.142. The molecule has 0 atom stereocenters. The van der Waals surface area contributed by atoms with E-state index in [2.05, 4.69) is 5.32 Å². The second-order valence-electron chi connectivity index (χ2n) is 5.32. The largest absolute Gasteiger partial charge is 0.494 e. The molecule has 3 N–H and O–H groups in total. The highest BCUT2D eigenvalue weighted by molar-refractivity contribution is 5.96. The zero-order valence-corrected chi connectivity index (χ0v) is 14.4. The second-order valence-corrected chi connectivity index (χ2v) is 5.32. The first-order valence-electron chi connectivity index (χ1n) is 7.77. The first-order chi connectivity index (χ1) is 12.9. The van der Waals surface area contributed by atoms with Crippen molar-refractivity contribution in [2.75, 3.05) is 19.0 Å². The Kier molecular flexibility index (Phi) is 6.65. The smallest absolute Gasteiger partial charge is 0.331 e. The number of carbonyl (C=O) groups excluding carboxylic acids is 3. The molecule has 8 heteroatoms. The third-order valence-electron chi connectivity index (χ3n) is 3.39. The quantitative estimate of drug-likeness (QED) is 0.572. The van der Waals surface area contributed by atoms with Crippen LogP contribution in [0.25, 0.3) is 6.08 Å². The monoisotopic (exact) mass is 372 g/mol. The summed E-state index contributed by atoms with van der Waals surface area (Å²) >= 11 is 0. The van der Waals surface area contributed by atoms with E-state index in [4.69, 9.17) is 15.2 Å². The summed E-state index contributed by atoms with van der Waals surface area (Å²) in [6.07, 6.45) is 2.43. The van der Waals surface area contributed by atoms with Gasteiger partial charge < -0.3 is 20.5 Å². The minimum atomic E-state index is -0.759. The summed E-state index contributed by atoms with van der Waals surface area (Å²) in [6.45, 7) is -0.502. The first kappa shape index (κ1) is 19.6. The van der Waals surface area contributed by atoms with Gasteiger partial charge in [0.2, 0.25) is 5.91 Å². The van der Waals surface area contributed by atoms with Crippen LogP contribution < -0.4 is 15.8 Å². The lowest BCUT2D eigenvalue weighted by atomic mass is 10.2. The summed E-state index contributed by atoms with van der Waals surface area (Å²) < 4.78 is 23.2. The van der Waals surface area contributed by atoms with Crippen LogP contribution >= 0.6 is 0 Å². The summed E-state index contributed by atoms with van der Waals surface area (Å²) in [5.74, 6) is -2.36. The van der Waals surface area contributed by atoms with Gasteiger partial charge in [0.1, 0.15) is 0 Å². The van der Waals surface area contributed by atoms with Crippen LogP contribution in [0.4, 0.5) is 10.1 Å². The van der Waals surface area contributed by atoms with Gasteiger partial charge in [-0.3, -0.25) is 9.59 Å². The van der Waals surface area contributed by atoms with Crippen molar-refractivity contribution < 1.29 is 28.2 Å². The molecule has 0 aliphatic heterocycles. The number of halogens is 1. The molecule has 2 aromatic rings. The molecule has 0 spiro atoms. The number of amides is 2. The Balaban J connectivity index is 1.83. The zero-order valence-electron chi connectivity index (χ0n) is 14.4. The summed E-state index contributed by atoms with van der Waals surface area (Å²) in [4.78, 5) is 34.4. The second kappa shape index (κ2) is 9.14. The molecule has 0 saturated carbocycles. The number of carbonyl (C=O) groups is 3. The van der Waals surface area contributed by atoms with Crippen LogP contribution in [0.15, 0.2) is 48.5 Å². The normalized spacial score (nSPS) is 10.4. The maximum atomic E-state index is 13.6. The fourth-order valence-electron chi connectivity index (χ4n) is 2.05. The maximum Gasteiger partial charge on any atom is 0.331 e. The van der Waals surface area contributed by atoms with Crippen LogP contribution in [0, 0.1) is 5.82 Å². The number of anilines is 1. The van der Waals surface area contributed by atoms with Gasteiger partial charge in [0.25, 0.3) is 5.91 Å².